The molecule has 7 rings (SSSR count). The molecule has 0 aromatic rings. The van der Waals surface area contributed by atoms with Crippen LogP contribution in [0.5, 0.6) is 0 Å². The Morgan fingerprint density at radius 1 is 0.444 bits per heavy atom. The highest BCUT2D eigenvalue weighted by molar-refractivity contribution is 5.01. The van der Waals surface area contributed by atoms with E-state index < -0.39 is 198 Å². The van der Waals surface area contributed by atoms with Gasteiger partial charge in [-0.05, 0) is 25.7 Å². The molecule has 366 valence electrons. The average molecular weight is 922 g/mol. The van der Waals surface area contributed by atoms with E-state index in [2.05, 4.69) is 0 Å². The Morgan fingerprint density at radius 3 is 1.57 bits per heavy atom. The summed E-state index contributed by atoms with van der Waals surface area (Å²) in [6.07, 6.45) is -37.8. The van der Waals surface area contributed by atoms with E-state index in [1.807, 2.05) is 0 Å². The molecule has 5 aliphatic heterocycles. The van der Waals surface area contributed by atoms with Gasteiger partial charge in [0, 0.05) is 18.8 Å². The molecule has 0 radical (unpaired) electrons. The molecule has 25 heteroatoms. The number of aliphatic hydroxyl groups excluding tert-OH is 16. The van der Waals surface area contributed by atoms with Gasteiger partial charge in [-0.3, -0.25) is 0 Å². The summed E-state index contributed by atoms with van der Waals surface area (Å²) in [6, 6.07) is 0. The van der Waals surface area contributed by atoms with Gasteiger partial charge in [-0.15, -0.1) is 0 Å². The Hall–Kier alpha value is -1.00. The van der Waals surface area contributed by atoms with Crippen LogP contribution < -0.4 is 0 Å². The van der Waals surface area contributed by atoms with Gasteiger partial charge in [-0.1, -0.05) is 0 Å². The lowest BCUT2D eigenvalue weighted by Crippen LogP contribution is -2.66. The number of fused-ring (bicyclic) bond motifs is 1. The zero-order valence-corrected chi connectivity index (χ0v) is 34.1. The van der Waals surface area contributed by atoms with Crippen molar-refractivity contribution >= 4 is 0 Å². The maximum atomic E-state index is 11.5. The van der Waals surface area contributed by atoms with Crippen molar-refractivity contribution < 1.29 is 124 Å². The lowest BCUT2D eigenvalue weighted by molar-refractivity contribution is -0.391. The second-order valence-electron chi connectivity index (χ2n) is 17.9. The van der Waals surface area contributed by atoms with Gasteiger partial charge in [0.05, 0.1) is 56.8 Å². The SMILES string of the molecule is OCC1OC(OC2CC(O)CC3[OH+]C(C4CCC(O)C(O)C4)C(OC4OC(CO)C(O)C(O)C4OC4OCC(O)C(OC5OC(CO)C(O)C(O)C5O)C4O)CC23)C(O)C(O)C1O. The molecule has 28 unspecified atom stereocenters. The monoisotopic (exact) mass is 921 g/mol. The number of rotatable bonds is 12. The van der Waals surface area contributed by atoms with Crippen LogP contribution in [0, 0.1) is 11.8 Å². The third-order valence-electron chi connectivity index (χ3n) is 13.7. The van der Waals surface area contributed by atoms with Crippen molar-refractivity contribution in [3.05, 3.63) is 0 Å². The summed E-state index contributed by atoms with van der Waals surface area (Å²) < 4.78 is 52.1. The van der Waals surface area contributed by atoms with Crippen molar-refractivity contribution in [3.63, 3.8) is 0 Å². The smallest absolute Gasteiger partial charge is 0.187 e. The van der Waals surface area contributed by atoms with Gasteiger partial charge in [-0.25, -0.2) is 0 Å². The highest BCUT2D eigenvalue weighted by atomic mass is 16.8. The molecule has 2 saturated carbocycles. The summed E-state index contributed by atoms with van der Waals surface area (Å²) in [5, 5.41) is 169. The maximum Gasteiger partial charge on any atom is 0.187 e. The molecule has 0 bridgehead atoms. The minimum atomic E-state index is -1.95. The first-order valence-electron chi connectivity index (χ1n) is 21.5. The van der Waals surface area contributed by atoms with Crippen LogP contribution in [-0.2, 0) is 37.9 Å². The molecule has 28 atom stereocenters. The van der Waals surface area contributed by atoms with Crippen molar-refractivity contribution in [1.29, 1.82) is 0 Å². The fourth-order valence-electron chi connectivity index (χ4n) is 10.0. The van der Waals surface area contributed by atoms with Crippen LogP contribution in [0.1, 0.15) is 38.5 Å². The lowest BCUT2D eigenvalue weighted by atomic mass is 9.72. The van der Waals surface area contributed by atoms with E-state index in [0.717, 1.165) is 0 Å². The Bertz CT molecular complexity index is 1430. The summed E-state index contributed by atoms with van der Waals surface area (Å²) in [5.74, 6) is -1.03. The second kappa shape index (κ2) is 21.1. The molecule has 0 aromatic carbocycles. The Morgan fingerprint density at radius 2 is 0.984 bits per heavy atom. The zero-order chi connectivity index (χ0) is 45.6. The Balaban J connectivity index is 1.13. The standard InChI is InChI=1S/C38H64O25/c39-7-20-23(46)26(49)29(52)36(59-20)57-18-5-12(42)4-17-13(18)6-19(32(56-17)11-1-2-14(43)15(44)3-11)58-38-34(28(51)25(48)22(9-41)61-38)63-35-31(54)33(16(45)10-55-35)62-37-30(53)27(50)24(47)21(8-40)60-37/h11-54H,1-10H2/p+1. The summed E-state index contributed by atoms with van der Waals surface area (Å²) in [5.41, 5.74) is 0. The van der Waals surface area contributed by atoms with E-state index in [1.165, 1.54) is 0 Å². The largest absolute Gasteiger partial charge is 0.427 e. The van der Waals surface area contributed by atoms with Gasteiger partial charge < -0.3 is 124 Å². The molecule has 5 heterocycles. The Labute approximate surface area is 360 Å². The van der Waals surface area contributed by atoms with Crippen LogP contribution in [0.3, 0.4) is 0 Å². The molecule has 0 aromatic heterocycles. The minimum absolute atomic E-state index is 0.00426. The van der Waals surface area contributed by atoms with Gasteiger partial charge in [0.1, 0.15) is 97.7 Å². The Kier molecular flexibility index (Phi) is 16.7. The number of ether oxygens (including phenoxy) is 9. The number of hydrogen-bond donors (Lipinski definition) is 16. The van der Waals surface area contributed by atoms with Crippen molar-refractivity contribution in [2.24, 2.45) is 11.8 Å². The molecule has 7 fully saturated rings. The third kappa shape index (κ3) is 10.4. The predicted octanol–water partition coefficient (Wildman–Crippen LogP) is -9.39. The highest BCUT2D eigenvalue weighted by Crippen LogP contribution is 2.44. The zero-order valence-electron chi connectivity index (χ0n) is 34.1. The van der Waals surface area contributed by atoms with E-state index >= 15 is 0 Å². The molecule has 63 heavy (non-hydrogen) atoms. The van der Waals surface area contributed by atoms with Gasteiger partial charge in [-0.2, -0.15) is 0 Å². The average Bonchev–Trinajstić information content (AvgIpc) is 3.26. The van der Waals surface area contributed by atoms with Gasteiger partial charge >= 0.3 is 0 Å². The third-order valence-corrected chi connectivity index (χ3v) is 13.7. The first-order chi connectivity index (χ1) is 29.9. The van der Waals surface area contributed by atoms with Gasteiger partial charge in [0.25, 0.3) is 0 Å². The topological polar surface area (TPSA) is 410 Å². The molecule has 17 N–H and O–H groups in total. The molecular weight excluding hydrogens is 856 g/mol. The molecule has 5 saturated heterocycles. The second-order valence-corrected chi connectivity index (χ2v) is 17.9. The number of aliphatic hydroxyl groups is 18. The van der Waals surface area contributed by atoms with Crippen molar-refractivity contribution in [1.82, 2.24) is 0 Å². The maximum absolute atomic E-state index is 11.5. The molecule has 7 aliphatic rings. The van der Waals surface area contributed by atoms with E-state index in [0.29, 0.717) is 6.42 Å². The normalized spacial score (nSPS) is 54.7. The lowest BCUT2D eigenvalue weighted by Gasteiger charge is -2.50. The van der Waals surface area contributed by atoms with Gasteiger partial charge in [0.15, 0.2) is 37.4 Å². The number of hydrogen-bond acceptors (Lipinski definition) is 24. The molecular formula is C38H65O25+. The molecule has 25 nitrogen and oxygen atoms in total. The van der Waals surface area contributed by atoms with Crippen LogP contribution in [0.15, 0.2) is 0 Å². The van der Waals surface area contributed by atoms with Crippen LogP contribution >= 0.6 is 0 Å². The fraction of sp³-hybridized carbons (Fsp3) is 1.00. The quantitative estimate of drug-likeness (QED) is 0.0808. The van der Waals surface area contributed by atoms with Crippen molar-refractivity contribution in [3.8, 4) is 0 Å². The highest BCUT2D eigenvalue weighted by Gasteiger charge is 2.58. The summed E-state index contributed by atoms with van der Waals surface area (Å²) in [7, 11) is 0. The van der Waals surface area contributed by atoms with E-state index in [4.69, 9.17) is 42.6 Å². The molecule has 0 amide bonds. The van der Waals surface area contributed by atoms with Gasteiger partial charge in [0.2, 0.25) is 0 Å². The first-order valence-corrected chi connectivity index (χ1v) is 21.5. The van der Waals surface area contributed by atoms with Crippen LogP contribution in [0.2, 0.25) is 0 Å². The van der Waals surface area contributed by atoms with Crippen LogP contribution in [0.25, 0.3) is 0 Å². The predicted molar refractivity (Wildman–Crippen MR) is 199 cm³/mol. The van der Waals surface area contributed by atoms with E-state index in [1.54, 1.807) is 0 Å². The summed E-state index contributed by atoms with van der Waals surface area (Å²) in [4.78, 5) is 0. The molecule has 2 aliphatic carbocycles. The van der Waals surface area contributed by atoms with E-state index in [-0.39, 0.29) is 32.1 Å². The molecule has 0 spiro atoms. The summed E-state index contributed by atoms with van der Waals surface area (Å²) >= 11 is 0. The van der Waals surface area contributed by atoms with E-state index in [9.17, 15) is 81.7 Å². The van der Waals surface area contributed by atoms with Crippen molar-refractivity contribution in [2.75, 3.05) is 26.4 Å². The van der Waals surface area contributed by atoms with Crippen LogP contribution in [0.4, 0.5) is 0 Å². The first kappa shape index (κ1) is 49.9. The van der Waals surface area contributed by atoms with Crippen molar-refractivity contribution in [2.45, 2.75) is 198 Å². The fourth-order valence-corrected chi connectivity index (χ4v) is 10.0. The minimum Gasteiger partial charge on any atom is -0.427 e. The van der Waals surface area contributed by atoms with Crippen LogP contribution in [-0.4, -0.2) is 272 Å². The summed E-state index contributed by atoms with van der Waals surface area (Å²) in [6.45, 7) is -2.89.